The van der Waals surface area contributed by atoms with Crippen LogP contribution in [-0.2, 0) is 9.53 Å². The minimum atomic E-state index is 0.000328. The summed E-state index contributed by atoms with van der Waals surface area (Å²) in [5, 5.41) is 0. The van der Waals surface area contributed by atoms with E-state index in [0.29, 0.717) is 11.8 Å². The first-order valence-electron chi connectivity index (χ1n) is 7.48. The van der Waals surface area contributed by atoms with Gasteiger partial charge in [-0.25, -0.2) is 0 Å². The molecule has 0 aromatic rings. The molecular weight excluding hydrogens is 226 g/mol. The monoisotopic (exact) mass is 257 g/mol. The molecule has 0 radical (unpaired) electrons. The number of carbonyl (C=O) groups excluding carboxylic acids is 1. The highest BCUT2D eigenvalue weighted by Crippen LogP contribution is 2.33. The Morgan fingerprint density at radius 3 is 1.89 bits per heavy atom. The maximum absolute atomic E-state index is 11.7. The Morgan fingerprint density at radius 1 is 1.11 bits per heavy atom. The Bertz CT molecular complexity index is 229. The molecule has 3 heteroatoms. The van der Waals surface area contributed by atoms with Crippen molar-refractivity contribution in [3.8, 4) is 0 Å². The third-order valence-corrected chi connectivity index (χ3v) is 3.55. The molecular formula is C15H31NO2. The molecule has 2 aliphatic rings. The van der Waals surface area contributed by atoms with Crippen LogP contribution in [0.2, 0.25) is 0 Å². The molecule has 0 atom stereocenters. The van der Waals surface area contributed by atoms with Crippen LogP contribution in [0.5, 0.6) is 0 Å². The average molecular weight is 257 g/mol. The third kappa shape index (κ3) is 4.97. The van der Waals surface area contributed by atoms with E-state index in [4.69, 9.17) is 4.74 Å². The predicted molar refractivity (Wildman–Crippen MR) is 76.6 cm³/mol. The molecule has 18 heavy (non-hydrogen) atoms. The molecule has 2 rings (SSSR count). The fourth-order valence-electron chi connectivity index (χ4n) is 1.99. The highest BCUT2D eigenvalue weighted by atomic mass is 16.5. The molecule has 0 aromatic carbocycles. The summed E-state index contributed by atoms with van der Waals surface area (Å²) < 4.78 is 5.44. The van der Waals surface area contributed by atoms with Gasteiger partial charge < -0.3 is 9.64 Å². The molecule has 108 valence electrons. The number of carbonyl (C=O) groups is 1. The number of amides is 1. The number of rotatable bonds is 2. The summed E-state index contributed by atoms with van der Waals surface area (Å²) in [6.45, 7) is 11.9. The zero-order chi connectivity index (χ0) is 14.2. The van der Waals surface area contributed by atoms with E-state index in [0.717, 1.165) is 38.8 Å². The van der Waals surface area contributed by atoms with Gasteiger partial charge in [-0.1, -0.05) is 27.7 Å². The molecule has 1 aliphatic heterocycles. The minimum Gasteiger partial charge on any atom is -0.378 e. The van der Waals surface area contributed by atoms with Crippen molar-refractivity contribution in [3.05, 3.63) is 0 Å². The van der Waals surface area contributed by atoms with Gasteiger partial charge in [0.15, 0.2) is 0 Å². The van der Waals surface area contributed by atoms with E-state index >= 15 is 0 Å². The number of piperidine rings is 1. The molecule has 3 nitrogen and oxygen atoms in total. The van der Waals surface area contributed by atoms with Gasteiger partial charge in [0.25, 0.3) is 0 Å². The summed E-state index contributed by atoms with van der Waals surface area (Å²) in [6.07, 6.45) is 4.16. The number of hydrogen-bond acceptors (Lipinski definition) is 2. The van der Waals surface area contributed by atoms with Gasteiger partial charge in [0.1, 0.15) is 0 Å². The molecule has 1 saturated heterocycles. The summed E-state index contributed by atoms with van der Waals surface area (Å²) in [6, 6.07) is 0. The lowest BCUT2D eigenvalue weighted by atomic mass is 9.93. The summed E-state index contributed by atoms with van der Waals surface area (Å²) in [4.78, 5) is 13.8. The van der Waals surface area contributed by atoms with Gasteiger partial charge in [-0.15, -0.1) is 0 Å². The van der Waals surface area contributed by atoms with Crippen molar-refractivity contribution in [2.24, 2.45) is 5.92 Å². The predicted octanol–water partition coefficient (Wildman–Crippen LogP) is 3.48. The number of methoxy groups -OCH3 is 1. The lowest BCUT2D eigenvalue weighted by Gasteiger charge is -2.38. The van der Waals surface area contributed by atoms with Gasteiger partial charge in [-0.2, -0.15) is 0 Å². The van der Waals surface area contributed by atoms with Crippen LogP contribution in [0.25, 0.3) is 0 Å². The molecule has 0 N–H and O–H groups in total. The van der Waals surface area contributed by atoms with E-state index in [1.165, 1.54) is 0 Å². The van der Waals surface area contributed by atoms with Crippen molar-refractivity contribution in [1.29, 1.82) is 0 Å². The van der Waals surface area contributed by atoms with Crippen molar-refractivity contribution >= 4 is 5.91 Å². The second-order valence-corrected chi connectivity index (χ2v) is 4.75. The van der Waals surface area contributed by atoms with E-state index in [9.17, 15) is 4.79 Å². The van der Waals surface area contributed by atoms with Crippen LogP contribution in [0.4, 0.5) is 0 Å². The normalized spacial score (nSPS) is 21.1. The average Bonchev–Trinajstić information content (AvgIpc) is 3.28. The van der Waals surface area contributed by atoms with Crippen molar-refractivity contribution in [2.45, 2.75) is 65.9 Å². The topological polar surface area (TPSA) is 29.5 Å². The maximum atomic E-state index is 11.7. The van der Waals surface area contributed by atoms with Crippen LogP contribution in [-0.4, -0.2) is 36.6 Å². The van der Waals surface area contributed by atoms with E-state index in [1.54, 1.807) is 7.11 Å². The van der Waals surface area contributed by atoms with Gasteiger partial charge in [0.05, 0.1) is 5.60 Å². The molecule has 0 aromatic heterocycles. The van der Waals surface area contributed by atoms with Crippen LogP contribution >= 0.6 is 0 Å². The second kappa shape index (κ2) is 8.52. The zero-order valence-electron chi connectivity index (χ0n) is 13.1. The SMILES string of the molecule is CC.CC.COC1(C)CCN(C(=O)C2CC2)CC1. The first kappa shape index (κ1) is 17.4. The largest absolute Gasteiger partial charge is 0.378 e. The Morgan fingerprint density at radius 2 is 1.56 bits per heavy atom. The Labute approximate surface area is 113 Å². The van der Waals surface area contributed by atoms with Crippen LogP contribution in [0.1, 0.15) is 60.3 Å². The van der Waals surface area contributed by atoms with E-state index in [1.807, 2.05) is 32.6 Å². The second-order valence-electron chi connectivity index (χ2n) is 4.75. The fourth-order valence-corrected chi connectivity index (χ4v) is 1.99. The Kier molecular flexibility index (Phi) is 8.25. The first-order valence-corrected chi connectivity index (χ1v) is 7.48. The van der Waals surface area contributed by atoms with Crippen molar-refractivity contribution in [3.63, 3.8) is 0 Å². The minimum absolute atomic E-state index is 0.000328. The van der Waals surface area contributed by atoms with Gasteiger partial charge >= 0.3 is 0 Å². The van der Waals surface area contributed by atoms with Gasteiger partial charge in [0.2, 0.25) is 5.91 Å². The van der Waals surface area contributed by atoms with E-state index < -0.39 is 0 Å². The highest BCUT2D eigenvalue weighted by Gasteiger charge is 2.37. The van der Waals surface area contributed by atoms with Crippen molar-refractivity contribution in [2.75, 3.05) is 20.2 Å². The number of ether oxygens (including phenoxy) is 1. The fraction of sp³-hybridized carbons (Fsp3) is 0.933. The highest BCUT2D eigenvalue weighted by molar-refractivity contribution is 5.81. The third-order valence-electron chi connectivity index (χ3n) is 3.55. The lowest BCUT2D eigenvalue weighted by molar-refractivity contribution is -0.137. The quantitative estimate of drug-likeness (QED) is 0.758. The smallest absolute Gasteiger partial charge is 0.225 e. The van der Waals surface area contributed by atoms with Crippen molar-refractivity contribution < 1.29 is 9.53 Å². The molecule has 1 amide bonds. The Hall–Kier alpha value is -0.570. The van der Waals surface area contributed by atoms with Gasteiger partial charge in [-0.05, 0) is 32.6 Å². The maximum Gasteiger partial charge on any atom is 0.225 e. The van der Waals surface area contributed by atoms with Crippen LogP contribution in [0.3, 0.4) is 0 Å². The summed E-state index contributed by atoms with van der Waals surface area (Å²) in [7, 11) is 1.76. The van der Waals surface area contributed by atoms with E-state index in [-0.39, 0.29) is 5.60 Å². The van der Waals surface area contributed by atoms with Gasteiger partial charge in [-0.3, -0.25) is 4.79 Å². The zero-order valence-corrected chi connectivity index (χ0v) is 13.1. The molecule has 1 aliphatic carbocycles. The number of likely N-dealkylation sites (tertiary alicyclic amines) is 1. The Balaban J connectivity index is 0.000000659. The van der Waals surface area contributed by atoms with Gasteiger partial charge in [0, 0.05) is 26.1 Å². The lowest BCUT2D eigenvalue weighted by Crippen LogP contribution is -2.46. The first-order chi connectivity index (χ1) is 8.64. The van der Waals surface area contributed by atoms with Crippen LogP contribution < -0.4 is 0 Å². The molecule has 0 spiro atoms. The molecule has 1 saturated carbocycles. The van der Waals surface area contributed by atoms with Crippen LogP contribution in [0.15, 0.2) is 0 Å². The summed E-state index contributed by atoms with van der Waals surface area (Å²) in [5.74, 6) is 0.741. The molecule has 2 fully saturated rings. The van der Waals surface area contributed by atoms with Crippen molar-refractivity contribution in [1.82, 2.24) is 4.90 Å². The number of hydrogen-bond donors (Lipinski definition) is 0. The van der Waals surface area contributed by atoms with E-state index in [2.05, 4.69) is 6.92 Å². The van der Waals surface area contributed by atoms with Crippen LogP contribution in [0, 0.1) is 5.92 Å². The molecule has 1 heterocycles. The molecule has 0 bridgehead atoms. The standard InChI is InChI=1S/C11H19NO2.2C2H6/c1-11(14-2)5-7-12(8-6-11)10(13)9-3-4-9;2*1-2/h9H,3-8H2,1-2H3;2*1-2H3. The molecule has 0 unspecified atom stereocenters. The number of nitrogens with zero attached hydrogens (tertiary/aromatic N) is 1. The summed E-state index contributed by atoms with van der Waals surface area (Å²) in [5.41, 5.74) is 0.000328. The summed E-state index contributed by atoms with van der Waals surface area (Å²) >= 11 is 0.